The zero-order chi connectivity index (χ0) is 21.8. The van der Waals surface area contributed by atoms with Crippen LogP contribution in [0.4, 0.5) is 0 Å². The number of pyridine rings is 1. The maximum Gasteiger partial charge on any atom is 0.336 e. The second kappa shape index (κ2) is 8.98. The number of carbonyl (C=O) groups excluding carboxylic acids is 2. The summed E-state index contributed by atoms with van der Waals surface area (Å²) in [5.41, 5.74) is 6.03. The van der Waals surface area contributed by atoms with Crippen molar-refractivity contribution in [3.63, 3.8) is 0 Å². The number of aromatic nitrogens is 2. The lowest BCUT2D eigenvalue weighted by Crippen LogP contribution is -2.32. The van der Waals surface area contributed by atoms with Crippen molar-refractivity contribution in [2.45, 2.75) is 40.0 Å². The minimum absolute atomic E-state index is 0.240. The summed E-state index contributed by atoms with van der Waals surface area (Å²) in [7, 11) is 1.33. The molecule has 7 nitrogen and oxygen atoms in total. The predicted octanol–water partition coefficient (Wildman–Crippen LogP) is 3.22. The zero-order valence-corrected chi connectivity index (χ0v) is 18.0. The van der Waals surface area contributed by atoms with E-state index in [0.29, 0.717) is 29.0 Å². The highest BCUT2D eigenvalue weighted by Crippen LogP contribution is 2.38. The minimum Gasteiger partial charge on any atom is -0.466 e. The van der Waals surface area contributed by atoms with Gasteiger partial charge in [-0.15, -0.1) is 0 Å². The summed E-state index contributed by atoms with van der Waals surface area (Å²) >= 11 is 0. The van der Waals surface area contributed by atoms with Crippen LogP contribution < -0.4 is 5.32 Å². The summed E-state index contributed by atoms with van der Waals surface area (Å²) in [6, 6.07) is 5.67. The molecule has 7 heteroatoms. The Morgan fingerprint density at radius 3 is 2.37 bits per heavy atom. The molecule has 0 saturated heterocycles. The van der Waals surface area contributed by atoms with Gasteiger partial charge in [-0.3, -0.25) is 4.98 Å². The Hall–Kier alpha value is -3.35. The molecule has 0 aromatic carbocycles. The maximum atomic E-state index is 13.1. The van der Waals surface area contributed by atoms with Gasteiger partial charge in [-0.1, -0.05) is 6.07 Å². The molecule has 2 aromatic heterocycles. The monoisotopic (exact) mass is 409 g/mol. The average molecular weight is 409 g/mol. The van der Waals surface area contributed by atoms with E-state index in [1.165, 1.54) is 7.11 Å². The number of allylic oxidation sites excluding steroid dienone is 2. The number of H-pyrrole nitrogens is 1. The second-order valence-electron chi connectivity index (χ2n) is 7.40. The molecule has 0 fully saturated rings. The molecule has 2 aromatic rings. The van der Waals surface area contributed by atoms with Crippen molar-refractivity contribution in [1.82, 2.24) is 15.3 Å². The fourth-order valence-electron chi connectivity index (χ4n) is 3.90. The minimum atomic E-state index is -0.615. The average Bonchev–Trinajstić information content (AvgIpc) is 3.04. The SMILES string of the molecule is COC(=O)C1=C(C)NC(C)=C(C(=O)OCCc2cc(C)[nH]c2C)C1c1cccnc1. The van der Waals surface area contributed by atoms with Crippen LogP contribution in [0.1, 0.15) is 42.3 Å². The maximum absolute atomic E-state index is 13.1. The first-order valence-electron chi connectivity index (χ1n) is 9.82. The molecule has 0 radical (unpaired) electrons. The van der Waals surface area contributed by atoms with Crippen LogP contribution in [0, 0.1) is 13.8 Å². The van der Waals surface area contributed by atoms with Crippen molar-refractivity contribution in [1.29, 1.82) is 0 Å². The Morgan fingerprint density at radius 2 is 1.80 bits per heavy atom. The molecule has 0 aliphatic carbocycles. The van der Waals surface area contributed by atoms with Crippen LogP contribution in [0.25, 0.3) is 0 Å². The number of esters is 2. The smallest absolute Gasteiger partial charge is 0.336 e. The van der Waals surface area contributed by atoms with Crippen LogP contribution in [-0.4, -0.2) is 35.6 Å². The number of methoxy groups -OCH3 is 1. The van der Waals surface area contributed by atoms with Crippen molar-refractivity contribution >= 4 is 11.9 Å². The van der Waals surface area contributed by atoms with E-state index < -0.39 is 17.9 Å². The first kappa shape index (κ1) is 21.4. The van der Waals surface area contributed by atoms with Crippen LogP contribution in [0.15, 0.2) is 53.1 Å². The van der Waals surface area contributed by atoms with E-state index in [0.717, 1.165) is 22.5 Å². The summed E-state index contributed by atoms with van der Waals surface area (Å²) in [5, 5.41) is 3.13. The second-order valence-corrected chi connectivity index (χ2v) is 7.40. The molecule has 1 atom stereocenters. The van der Waals surface area contributed by atoms with Gasteiger partial charge >= 0.3 is 11.9 Å². The third-order valence-corrected chi connectivity index (χ3v) is 5.26. The molecule has 0 bridgehead atoms. The molecule has 1 unspecified atom stereocenters. The number of ether oxygens (including phenoxy) is 2. The van der Waals surface area contributed by atoms with Crippen molar-refractivity contribution < 1.29 is 19.1 Å². The molecule has 3 rings (SSSR count). The van der Waals surface area contributed by atoms with Crippen molar-refractivity contribution in [2.24, 2.45) is 0 Å². The molecule has 0 amide bonds. The van der Waals surface area contributed by atoms with Gasteiger partial charge in [0.15, 0.2) is 0 Å². The highest BCUT2D eigenvalue weighted by Gasteiger charge is 2.37. The van der Waals surface area contributed by atoms with E-state index >= 15 is 0 Å². The van der Waals surface area contributed by atoms with Gasteiger partial charge in [0.2, 0.25) is 0 Å². The molecule has 1 aliphatic heterocycles. The highest BCUT2D eigenvalue weighted by molar-refractivity contribution is 5.99. The summed E-state index contributed by atoms with van der Waals surface area (Å²) in [6.45, 7) is 7.82. The quantitative estimate of drug-likeness (QED) is 0.712. The van der Waals surface area contributed by atoms with Crippen LogP contribution in [0.5, 0.6) is 0 Å². The van der Waals surface area contributed by atoms with Gasteiger partial charge in [-0.25, -0.2) is 9.59 Å². The number of nitrogens with one attached hydrogen (secondary N) is 2. The van der Waals surface area contributed by atoms with Gasteiger partial charge in [0, 0.05) is 41.6 Å². The molecule has 2 N–H and O–H groups in total. The Labute approximate surface area is 176 Å². The number of aromatic amines is 1. The fourth-order valence-corrected chi connectivity index (χ4v) is 3.90. The molecule has 1 aliphatic rings. The van der Waals surface area contributed by atoms with Gasteiger partial charge < -0.3 is 19.8 Å². The standard InChI is InChI=1S/C23H27N3O4/c1-13-11-17(14(2)25-13)8-10-30-23(28)20-16(4)26-15(3)19(22(27)29-5)21(20)18-7-6-9-24-12-18/h6-7,9,11-12,21,25-26H,8,10H2,1-5H3. The summed E-state index contributed by atoms with van der Waals surface area (Å²) < 4.78 is 10.6. The number of rotatable bonds is 6. The van der Waals surface area contributed by atoms with Crippen molar-refractivity contribution in [2.75, 3.05) is 13.7 Å². The van der Waals surface area contributed by atoms with Crippen molar-refractivity contribution in [3.8, 4) is 0 Å². The predicted molar refractivity (Wildman–Crippen MR) is 112 cm³/mol. The lowest BCUT2D eigenvalue weighted by atomic mass is 9.81. The van der Waals surface area contributed by atoms with Crippen LogP contribution in [-0.2, 0) is 25.5 Å². The van der Waals surface area contributed by atoms with E-state index in [1.54, 1.807) is 32.3 Å². The van der Waals surface area contributed by atoms with E-state index in [-0.39, 0.29) is 6.61 Å². The van der Waals surface area contributed by atoms with E-state index in [9.17, 15) is 9.59 Å². The highest BCUT2D eigenvalue weighted by atomic mass is 16.5. The molecule has 3 heterocycles. The van der Waals surface area contributed by atoms with Crippen LogP contribution in [0.2, 0.25) is 0 Å². The fraction of sp³-hybridized carbons (Fsp3) is 0.348. The Balaban J connectivity index is 1.88. The van der Waals surface area contributed by atoms with Crippen molar-refractivity contribution in [3.05, 3.63) is 75.6 Å². The zero-order valence-electron chi connectivity index (χ0n) is 18.0. The number of hydrogen-bond acceptors (Lipinski definition) is 6. The van der Waals surface area contributed by atoms with Crippen LogP contribution >= 0.6 is 0 Å². The van der Waals surface area contributed by atoms with E-state index in [4.69, 9.17) is 9.47 Å². The van der Waals surface area contributed by atoms with E-state index in [2.05, 4.69) is 21.4 Å². The van der Waals surface area contributed by atoms with Gasteiger partial charge in [0.1, 0.15) is 0 Å². The third kappa shape index (κ3) is 4.30. The number of dihydropyridines is 1. The third-order valence-electron chi connectivity index (χ3n) is 5.26. The lowest BCUT2D eigenvalue weighted by molar-refractivity contribution is -0.139. The van der Waals surface area contributed by atoms with Gasteiger partial charge in [0.25, 0.3) is 0 Å². The normalized spacial score (nSPS) is 16.4. The number of carbonyl (C=O) groups is 2. The largest absolute Gasteiger partial charge is 0.466 e. The molecular formula is C23H27N3O4. The lowest BCUT2D eigenvalue weighted by Gasteiger charge is -2.30. The van der Waals surface area contributed by atoms with Gasteiger partial charge in [-0.05, 0) is 51.0 Å². The van der Waals surface area contributed by atoms with Gasteiger partial charge in [-0.2, -0.15) is 0 Å². The number of hydrogen-bond donors (Lipinski definition) is 2. The number of aryl methyl sites for hydroxylation is 2. The molecular weight excluding hydrogens is 382 g/mol. The summed E-state index contributed by atoms with van der Waals surface area (Å²) in [4.78, 5) is 33.1. The van der Waals surface area contributed by atoms with E-state index in [1.807, 2.05) is 19.9 Å². The molecule has 30 heavy (non-hydrogen) atoms. The first-order valence-corrected chi connectivity index (χ1v) is 9.82. The Kier molecular flexibility index (Phi) is 6.40. The molecule has 0 saturated carbocycles. The molecule has 158 valence electrons. The van der Waals surface area contributed by atoms with Crippen LogP contribution in [0.3, 0.4) is 0 Å². The first-order chi connectivity index (χ1) is 14.3. The Bertz CT molecular complexity index is 1020. The topological polar surface area (TPSA) is 93.3 Å². The molecule has 0 spiro atoms. The Morgan fingerprint density at radius 1 is 1.10 bits per heavy atom. The summed E-state index contributed by atoms with van der Waals surface area (Å²) in [6.07, 6.45) is 3.91. The summed E-state index contributed by atoms with van der Waals surface area (Å²) in [5.74, 6) is -1.58. The van der Waals surface area contributed by atoms with Gasteiger partial charge in [0.05, 0.1) is 30.8 Å². The number of nitrogens with zero attached hydrogens (tertiary/aromatic N) is 1.